The van der Waals surface area contributed by atoms with Crippen LogP contribution in [0.25, 0.3) is 0 Å². The van der Waals surface area contributed by atoms with Gasteiger partial charge in [0, 0.05) is 18.7 Å². The monoisotopic (exact) mass is 293 g/mol. The lowest BCUT2D eigenvalue weighted by Crippen LogP contribution is -2.46. The minimum Gasteiger partial charge on any atom is -0.497 e. The van der Waals surface area contributed by atoms with E-state index in [2.05, 4.69) is 0 Å². The van der Waals surface area contributed by atoms with Crippen LogP contribution >= 0.6 is 0 Å². The van der Waals surface area contributed by atoms with E-state index in [0.29, 0.717) is 17.1 Å². The molecule has 5 nitrogen and oxygen atoms in total. The average molecular weight is 293 g/mol. The lowest BCUT2D eigenvalue weighted by Gasteiger charge is -2.35. The fourth-order valence-electron chi connectivity index (χ4n) is 2.83. The van der Waals surface area contributed by atoms with E-state index in [4.69, 9.17) is 9.47 Å². The number of carbonyl (C=O) groups excluding carboxylic acids is 1. The quantitative estimate of drug-likeness (QED) is 0.923. The van der Waals surface area contributed by atoms with Crippen molar-refractivity contribution in [1.29, 1.82) is 0 Å². The maximum atomic E-state index is 12.6. The summed E-state index contributed by atoms with van der Waals surface area (Å²) in [5.74, 6) is 1.03. The van der Waals surface area contributed by atoms with Gasteiger partial charge in [0.2, 0.25) is 0 Å². The molecule has 1 aliphatic carbocycles. The molecule has 21 heavy (non-hydrogen) atoms. The van der Waals surface area contributed by atoms with E-state index in [1.54, 1.807) is 44.4 Å². The smallest absolute Gasteiger partial charge is 0.254 e. The molecule has 1 saturated carbocycles. The SMILES string of the molecule is COc1cc(OC)cc(C(=O)N(C)C2CCCCC2O)c1. The Balaban J connectivity index is 2.22. The second-order valence-corrected chi connectivity index (χ2v) is 5.44. The fraction of sp³-hybridized carbons (Fsp3) is 0.562. The maximum Gasteiger partial charge on any atom is 0.254 e. The summed E-state index contributed by atoms with van der Waals surface area (Å²) in [5, 5.41) is 10.1. The van der Waals surface area contributed by atoms with Gasteiger partial charge in [-0.3, -0.25) is 4.79 Å². The highest BCUT2D eigenvalue weighted by Crippen LogP contribution is 2.26. The summed E-state index contributed by atoms with van der Waals surface area (Å²) < 4.78 is 10.4. The number of ether oxygens (including phenoxy) is 2. The lowest BCUT2D eigenvalue weighted by atomic mass is 9.91. The number of likely N-dealkylation sites (N-methyl/N-ethyl adjacent to an activating group) is 1. The third-order valence-electron chi connectivity index (χ3n) is 4.11. The number of hydrogen-bond acceptors (Lipinski definition) is 4. The minimum atomic E-state index is -0.444. The van der Waals surface area contributed by atoms with Crippen LogP contribution in [0.15, 0.2) is 18.2 Å². The summed E-state index contributed by atoms with van der Waals surface area (Å²) in [5.41, 5.74) is 0.506. The Labute approximate surface area is 125 Å². The summed E-state index contributed by atoms with van der Waals surface area (Å²) in [6, 6.07) is 4.99. The number of carbonyl (C=O) groups is 1. The summed E-state index contributed by atoms with van der Waals surface area (Å²) in [6.07, 6.45) is 3.21. The summed E-state index contributed by atoms with van der Waals surface area (Å²) in [6.45, 7) is 0. The summed E-state index contributed by atoms with van der Waals surface area (Å²) in [7, 11) is 4.85. The predicted octanol–water partition coefficient (Wildman–Crippen LogP) is 2.08. The molecule has 0 aliphatic heterocycles. The largest absolute Gasteiger partial charge is 0.497 e. The molecule has 0 bridgehead atoms. The van der Waals surface area contributed by atoms with Crippen LogP contribution < -0.4 is 9.47 Å². The van der Waals surface area contributed by atoms with E-state index < -0.39 is 6.10 Å². The number of benzene rings is 1. The van der Waals surface area contributed by atoms with Crippen molar-refractivity contribution in [2.24, 2.45) is 0 Å². The molecule has 5 heteroatoms. The second kappa shape index (κ2) is 6.80. The number of amides is 1. The topological polar surface area (TPSA) is 59.0 Å². The van der Waals surface area contributed by atoms with Gasteiger partial charge in [0.05, 0.1) is 26.4 Å². The normalized spacial score (nSPS) is 21.7. The van der Waals surface area contributed by atoms with Crippen LogP contribution in [0.5, 0.6) is 11.5 Å². The number of aliphatic hydroxyl groups excluding tert-OH is 1. The molecule has 1 fully saturated rings. The Morgan fingerprint density at radius 1 is 1.14 bits per heavy atom. The van der Waals surface area contributed by atoms with Gasteiger partial charge < -0.3 is 19.5 Å². The molecule has 0 spiro atoms. The van der Waals surface area contributed by atoms with E-state index in [-0.39, 0.29) is 11.9 Å². The lowest BCUT2D eigenvalue weighted by molar-refractivity contribution is 0.0267. The van der Waals surface area contributed by atoms with Gasteiger partial charge in [-0.1, -0.05) is 12.8 Å². The van der Waals surface area contributed by atoms with Gasteiger partial charge in [-0.05, 0) is 25.0 Å². The molecule has 116 valence electrons. The van der Waals surface area contributed by atoms with Crippen LogP contribution in [0.2, 0.25) is 0 Å². The highest BCUT2D eigenvalue weighted by atomic mass is 16.5. The van der Waals surface area contributed by atoms with Crippen molar-refractivity contribution in [1.82, 2.24) is 4.90 Å². The molecule has 0 radical (unpaired) electrons. The van der Waals surface area contributed by atoms with Crippen LogP contribution in [-0.2, 0) is 0 Å². The van der Waals surface area contributed by atoms with Gasteiger partial charge in [0.25, 0.3) is 5.91 Å². The molecule has 1 N–H and O–H groups in total. The molecule has 0 aromatic heterocycles. The Kier molecular flexibility index (Phi) is 5.07. The van der Waals surface area contributed by atoms with Crippen LogP contribution in [-0.4, -0.2) is 49.3 Å². The summed E-state index contributed by atoms with van der Waals surface area (Å²) >= 11 is 0. The van der Waals surface area contributed by atoms with E-state index in [1.807, 2.05) is 0 Å². The van der Waals surface area contributed by atoms with Gasteiger partial charge in [-0.25, -0.2) is 0 Å². The zero-order chi connectivity index (χ0) is 15.4. The van der Waals surface area contributed by atoms with Crippen molar-refractivity contribution >= 4 is 5.91 Å². The Bertz CT molecular complexity index is 481. The van der Waals surface area contributed by atoms with Gasteiger partial charge in [0.15, 0.2) is 0 Å². The molecule has 0 saturated heterocycles. The number of hydrogen-bond donors (Lipinski definition) is 1. The van der Waals surface area contributed by atoms with Crippen LogP contribution in [0.3, 0.4) is 0 Å². The molecule has 2 unspecified atom stereocenters. The number of rotatable bonds is 4. The predicted molar refractivity (Wildman–Crippen MR) is 79.9 cm³/mol. The average Bonchev–Trinajstić information content (AvgIpc) is 2.53. The van der Waals surface area contributed by atoms with Gasteiger partial charge >= 0.3 is 0 Å². The van der Waals surface area contributed by atoms with E-state index in [9.17, 15) is 9.90 Å². The van der Waals surface area contributed by atoms with Crippen molar-refractivity contribution < 1.29 is 19.4 Å². The molecule has 0 heterocycles. The Morgan fingerprint density at radius 3 is 2.24 bits per heavy atom. The fourth-order valence-corrected chi connectivity index (χ4v) is 2.83. The molecule has 2 atom stereocenters. The molecule has 2 rings (SSSR count). The van der Waals surface area contributed by atoms with Crippen LogP contribution in [0.4, 0.5) is 0 Å². The van der Waals surface area contributed by atoms with Gasteiger partial charge in [0.1, 0.15) is 11.5 Å². The third kappa shape index (κ3) is 3.47. The molecular weight excluding hydrogens is 270 g/mol. The van der Waals surface area contributed by atoms with Crippen LogP contribution in [0.1, 0.15) is 36.0 Å². The minimum absolute atomic E-state index is 0.122. The molecular formula is C16H23NO4. The Hall–Kier alpha value is -1.75. The standard InChI is InChI=1S/C16H23NO4/c1-17(14-6-4-5-7-15(14)18)16(19)11-8-12(20-2)10-13(9-11)21-3/h8-10,14-15,18H,4-7H2,1-3H3. The van der Waals surface area contributed by atoms with Crippen molar-refractivity contribution in [3.05, 3.63) is 23.8 Å². The number of methoxy groups -OCH3 is 2. The van der Waals surface area contributed by atoms with E-state index in [0.717, 1.165) is 25.7 Å². The first-order chi connectivity index (χ1) is 10.1. The molecule has 1 aliphatic rings. The van der Waals surface area contributed by atoms with Crippen molar-refractivity contribution in [3.8, 4) is 11.5 Å². The first kappa shape index (κ1) is 15.6. The molecule has 1 amide bonds. The van der Waals surface area contributed by atoms with Gasteiger partial charge in [-0.15, -0.1) is 0 Å². The van der Waals surface area contributed by atoms with E-state index >= 15 is 0 Å². The highest BCUT2D eigenvalue weighted by molar-refractivity contribution is 5.95. The zero-order valence-electron chi connectivity index (χ0n) is 12.8. The Morgan fingerprint density at radius 2 is 1.71 bits per heavy atom. The molecule has 1 aromatic carbocycles. The first-order valence-corrected chi connectivity index (χ1v) is 7.25. The molecule has 1 aromatic rings. The van der Waals surface area contributed by atoms with Crippen LogP contribution in [0, 0.1) is 0 Å². The van der Waals surface area contributed by atoms with Gasteiger partial charge in [-0.2, -0.15) is 0 Å². The number of nitrogens with zero attached hydrogens (tertiary/aromatic N) is 1. The van der Waals surface area contributed by atoms with Crippen molar-refractivity contribution in [2.45, 2.75) is 37.8 Å². The van der Waals surface area contributed by atoms with Crippen molar-refractivity contribution in [3.63, 3.8) is 0 Å². The third-order valence-corrected chi connectivity index (χ3v) is 4.11. The van der Waals surface area contributed by atoms with Crippen molar-refractivity contribution in [2.75, 3.05) is 21.3 Å². The zero-order valence-corrected chi connectivity index (χ0v) is 12.8. The maximum absolute atomic E-state index is 12.6. The van der Waals surface area contributed by atoms with E-state index in [1.165, 1.54) is 0 Å². The highest BCUT2D eigenvalue weighted by Gasteiger charge is 2.30. The number of aliphatic hydroxyl groups is 1. The second-order valence-electron chi connectivity index (χ2n) is 5.44. The summed E-state index contributed by atoms with van der Waals surface area (Å²) in [4.78, 5) is 14.3. The first-order valence-electron chi connectivity index (χ1n) is 7.25.